The lowest BCUT2D eigenvalue weighted by Crippen LogP contribution is -2.23. The third-order valence-electron chi connectivity index (χ3n) is 3.49. The fraction of sp³-hybridized carbons (Fsp3) is 0.0625. The number of hydrogen-bond acceptors (Lipinski definition) is 6. The van der Waals surface area contributed by atoms with Gasteiger partial charge in [0.05, 0.1) is 11.8 Å². The lowest BCUT2D eigenvalue weighted by molar-refractivity contribution is 0.0946. The van der Waals surface area contributed by atoms with Gasteiger partial charge in [-0.1, -0.05) is 6.07 Å². The Hall–Kier alpha value is -3.20. The number of pyridine rings is 1. The van der Waals surface area contributed by atoms with Crippen LogP contribution in [0.5, 0.6) is 0 Å². The molecule has 1 amide bonds. The van der Waals surface area contributed by atoms with Crippen molar-refractivity contribution < 1.29 is 9.18 Å². The lowest BCUT2D eigenvalue weighted by atomic mass is 10.3. The van der Waals surface area contributed by atoms with Gasteiger partial charge in [-0.2, -0.15) is 9.49 Å². The van der Waals surface area contributed by atoms with Gasteiger partial charge in [0, 0.05) is 30.5 Å². The Morgan fingerprint density at radius 2 is 2.20 bits per heavy atom. The molecule has 0 spiro atoms. The Balaban J connectivity index is 1.50. The second-order valence-electron chi connectivity index (χ2n) is 5.16. The van der Waals surface area contributed by atoms with Gasteiger partial charge < -0.3 is 5.32 Å². The molecule has 0 fully saturated rings. The molecule has 124 valence electrons. The number of thiazole rings is 1. The summed E-state index contributed by atoms with van der Waals surface area (Å²) in [6.07, 6.45) is 6.53. The average Bonchev–Trinajstić information content (AvgIpc) is 3.27. The highest BCUT2D eigenvalue weighted by Gasteiger charge is 2.15. The second-order valence-corrected chi connectivity index (χ2v) is 6.01. The number of carbonyl (C=O) groups excluding carboxylic acids is 1. The van der Waals surface area contributed by atoms with Crippen molar-refractivity contribution in [2.24, 2.45) is 0 Å². The summed E-state index contributed by atoms with van der Waals surface area (Å²) >= 11 is 1.35. The Kier molecular flexibility index (Phi) is 3.90. The molecule has 4 aromatic rings. The van der Waals surface area contributed by atoms with E-state index in [-0.39, 0.29) is 12.5 Å². The summed E-state index contributed by atoms with van der Waals surface area (Å²) in [5.41, 5.74) is 2.47. The highest BCUT2D eigenvalue weighted by Crippen LogP contribution is 2.26. The van der Waals surface area contributed by atoms with Crippen molar-refractivity contribution in [3.8, 4) is 10.6 Å². The number of carbonyl (C=O) groups is 1. The molecule has 0 saturated heterocycles. The Bertz CT molecular complexity index is 1040. The van der Waals surface area contributed by atoms with Crippen LogP contribution in [0.3, 0.4) is 0 Å². The van der Waals surface area contributed by atoms with Crippen molar-refractivity contribution in [1.82, 2.24) is 29.9 Å². The quantitative estimate of drug-likeness (QED) is 0.569. The third kappa shape index (κ3) is 3.09. The highest BCUT2D eigenvalue weighted by atomic mass is 32.1. The normalized spacial score (nSPS) is 10.9. The summed E-state index contributed by atoms with van der Waals surface area (Å²) in [7, 11) is 0. The van der Waals surface area contributed by atoms with Crippen molar-refractivity contribution in [3.63, 3.8) is 0 Å². The zero-order valence-corrected chi connectivity index (χ0v) is 13.6. The van der Waals surface area contributed by atoms with Crippen molar-refractivity contribution in [2.75, 3.05) is 0 Å². The number of hydrogen-bond donors (Lipinski definition) is 1. The fourth-order valence-electron chi connectivity index (χ4n) is 2.26. The molecule has 4 rings (SSSR count). The molecule has 0 unspecified atom stereocenters. The van der Waals surface area contributed by atoms with Gasteiger partial charge in [-0.05, 0) is 17.7 Å². The number of amides is 1. The zero-order chi connectivity index (χ0) is 17.2. The van der Waals surface area contributed by atoms with Crippen LogP contribution >= 0.6 is 11.3 Å². The van der Waals surface area contributed by atoms with E-state index in [1.807, 2.05) is 0 Å². The van der Waals surface area contributed by atoms with Gasteiger partial charge in [-0.3, -0.25) is 4.79 Å². The van der Waals surface area contributed by atoms with Crippen LogP contribution in [-0.4, -0.2) is 30.5 Å². The number of nitrogens with one attached hydrogen (secondary N) is 1. The summed E-state index contributed by atoms with van der Waals surface area (Å²) in [6.45, 7) is 0.247. The van der Waals surface area contributed by atoms with Gasteiger partial charge in [0.2, 0.25) is 5.95 Å². The van der Waals surface area contributed by atoms with E-state index in [0.717, 1.165) is 5.56 Å². The smallest absolute Gasteiger partial charge is 0.271 e. The summed E-state index contributed by atoms with van der Waals surface area (Å²) in [6, 6.07) is 4.61. The molecular weight excluding hydrogens is 343 g/mol. The first-order valence-corrected chi connectivity index (χ1v) is 8.21. The minimum Gasteiger partial charge on any atom is -0.347 e. The van der Waals surface area contributed by atoms with Crippen LogP contribution in [0.25, 0.3) is 16.2 Å². The average molecular weight is 354 g/mol. The summed E-state index contributed by atoms with van der Waals surface area (Å²) in [5.74, 6) is -0.863. The Morgan fingerprint density at radius 3 is 3.04 bits per heavy atom. The third-order valence-corrected chi connectivity index (χ3v) is 4.36. The maximum absolute atomic E-state index is 12.8. The van der Waals surface area contributed by atoms with Gasteiger partial charge in [0.1, 0.15) is 10.7 Å². The van der Waals surface area contributed by atoms with Crippen molar-refractivity contribution in [3.05, 3.63) is 65.6 Å². The highest BCUT2D eigenvalue weighted by molar-refractivity contribution is 7.13. The number of nitrogens with zero attached hydrogens (tertiary/aromatic N) is 5. The van der Waals surface area contributed by atoms with Crippen molar-refractivity contribution in [2.45, 2.75) is 6.54 Å². The minimum atomic E-state index is -0.554. The van der Waals surface area contributed by atoms with Crippen LogP contribution in [0.15, 0.2) is 48.4 Å². The number of rotatable bonds is 4. The molecule has 0 aliphatic carbocycles. The maximum Gasteiger partial charge on any atom is 0.271 e. The topological polar surface area (TPSA) is 85.1 Å². The van der Waals surface area contributed by atoms with Crippen molar-refractivity contribution >= 4 is 22.9 Å². The Labute approximate surface area is 145 Å². The van der Waals surface area contributed by atoms with E-state index in [0.29, 0.717) is 21.9 Å². The lowest BCUT2D eigenvalue weighted by Gasteiger charge is -2.02. The largest absolute Gasteiger partial charge is 0.347 e. The summed E-state index contributed by atoms with van der Waals surface area (Å²) in [4.78, 5) is 24.4. The monoisotopic (exact) mass is 354 g/mol. The molecule has 0 bridgehead atoms. The first-order chi connectivity index (χ1) is 12.2. The van der Waals surface area contributed by atoms with Crippen LogP contribution in [0, 0.1) is 5.95 Å². The van der Waals surface area contributed by atoms with Gasteiger partial charge in [0.25, 0.3) is 5.91 Å². The van der Waals surface area contributed by atoms with E-state index >= 15 is 0 Å². The van der Waals surface area contributed by atoms with Crippen LogP contribution in [0.4, 0.5) is 4.39 Å². The van der Waals surface area contributed by atoms with Crippen LogP contribution < -0.4 is 5.32 Å². The molecule has 25 heavy (non-hydrogen) atoms. The predicted octanol–water partition coefficient (Wildman–Crippen LogP) is 2.32. The molecular formula is C16H11FN6OS. The molecule has 0 aliphatic rings. The van der Waals surface area contributed by atoms with Gasteiger partial charge in [0.15, 0.2) is 5.65 Å². The van der Waals surface area contributed by atoms with Crippen LogP contribution in [0.1, 0.15) is 16.1 Å². The number of fused-ring (bicyclic) bond motifs is 1. The molecule has 0 radical (unpaired) electrons. The molecule has 0 atom stereocenters. The molecule has 7 nitrogen and oxygen atoms in total. The second kappa shape index (κ2) is 6.36. The predicted molar refractivity (Wildman–Crippen MR) is 89.5 cm³/mol. The minimum absolute atomic E-state index is 0.247. The molecule has 1 N–H and O–H groups in total. The fourth-order valence-corrected chi connectivity index (χ4v) is 3.07. The summed E-state index contributed by atoms with van der Waals surface area (Å²) < 4.78 is 14.4. The van der Waals surface area contributed by atoms with Gasteiger partial charge in [-0.15, -0.1) is 11.3 Å². The molecule has 9 heteroatoms. The molecule has 0 aliphatic heterocycles. The first kappa shape index (κ1) is 15.3. The molecule has 4 heterocycles. The maximum atomic E-state index is 12.8. The standard InChI is InChI=1S/C16H11FN6OS/c17-13-3-2-10(6-19-13)7-20-15(24)12-9-25-16(22-12)11-8-21-23-5-1-4-18-14(11)23/h1-6,8-9H,7H2,(H,20,24). The van der Waals surface area contributed by atoms with Gasteiger partial charge >= 0.3 is 0 Å². The van der Waals surface area contributed by atoms with Crippen LogP contribution in [0.2, 0.25) is 0 Å². The van der Waals surface area contributed by atoms with E-state index < -0.39 is 5.95 Å². The van der Waals surface area contributed by atoms with Crippen LogP contribution in [-0.2, 0) is 6.54 Å². The van der Waals surface area contributed by atoms with Gasteiger partial charge in [-0.25, -0.2) is 19.5 Å². The summed E-state index contributed by atoms with van der Waals surface area (Å²) in [5, 5.41) is 9.30. The van der Waals surface area contributed by atoms with E-state index in [1.54, 1.807) is 40.6 Å². The van der Waals surface area contributed by atoms with Crippen molar-refractivity contribution in [1.29, 1.82) is 0 Å². The van der Waals surface area contributed by atoms with E-state index in [2.05, 4.69) is 25.4 Å². The van der Waals surface area contributed by atoms with E-state index in [4.69, 9.17) is 0 Å². The zero-order valence-electron chi connectivity index (χ0n) is 12.8. The number of aromatic nitrogens is 5. The number of halogens is 1. The molecule has 4 aromatic heterocycles. The Morgan fingerprint density at radius 1 is 1.28 bits per heavy atom. The SMILES string of the molecule is O=C(NCc1ccc(F)nc1)c1csc(-c2cnn3cccnc23)n1. The molecule has 0 saturated carbocycles. The molecule has 0 aromatic carbocycles. The van der Waals surface area contributed by atoms with E-state index in [1.165, 1.54) is 23.6 Å². The van der Waals surface area contributed by atoms with E-state index in [9.17, 15) is 9.18 Å². The first-order valence-electron chi connectivity index (χ1n) is 7.33.